The Hall–Kier alpha value is -4.61. The number of halogens is 3. The fraction of sp³-hybridized carbons (Fsp3) is 0.0625. The van der Waals surface area contributed by atoms with Gasteiger partial charge in [0.05, 0.1) is 5.56 Å². The van der Waals surface area contributed by atoms with E-state index in [4.69, 9.17) is 8.37 Å². The first kappa shape index (κ1) is 29.9. The van der Waals surface area contributed by atoms with Gasteiger partial charge in [0, 0.05) is 5.92 Å². The van der Waals surface area contributed by atoms with Crippen LogP contribution in [0.1, 0.15) is 28.2 Å². The van der Waals surface area contributed by atoms with E-state index in [-0.39, 0.29) is 26.9 Å². The number of hydrogen-bond donors (Lipinski definition) is 0. The van der Waals surface area contributed by atoms with E-state index in [0.29, 0.717) is 11.1 Å². The highest BCUT2D eigenvalue weighted by molar-refractivity contribution is 7.87. The molecule has 0 amide bonds. The zero-order valence-corrected chi connectivity index (χ0v) is 23.8. The van der Waals surface area contributed by atoms with Crippen LogP contribution < -0.4 is 8.37 Å². The first-order chi connectivity index (χ1) is 20.4. The maximum Gasteiger partial charge on any atom is 0.416 e. The molecule has 0 aliphatic carbocycles. The van der Waals surface area contributed by atoms with E-state index in [0.717, 1.165) is 6.07 Å². The summed E-state index contributed by atoms with van der Waals surface area (Å²) in [5.41, 5.74) is -0.0800. The lowest BCUT2D eigenvalue weighted by Gasteiger charge is -2.23. The standard InChI is InChI=1S/C32H23F3O6S2/c33-32(34,35)30-14-8-7-13-29(30)31(23-15-19-25(20-16-23)40-42(36,37)27-9-3-1-4-10-27)24-17-21-26(22-18-24)41-43(38,39)28-11-5-2-6-12-28/h1-22,31H. The Bertz CT molecular complexity index is 1800. The van der Waals surface area contributed by atoms with E-state index in [9.17, 15) is 30.0 Å². The van der Waals surface area contributed by atoms with Crippen LogP contribution in [0.15, 0.2) is 143 Å². The van der Waals surface area contributed by atoms with Gasteiger partial charge < -0.3 is 8.37 Å². The molecular formula is C32H23F3O6S2. The fourth-order valence-electron chi connectivity index (χ4n) is 4.51. The van der Waals surface area contributed by atoms with Gasteiger partial charge in [-0.05, 0) is 71.3 Å². The second-order valence-electron chi connectivity index (χ2n) is 9.36. The monoisotopic (exact) mass is 624 g/mol. The molecule has 5 rings (SSSR count). The maximum absolute atomic E-state index is 14.1. The highest BCUT2D eigenvalue weighted by atomic mass is 32.2. The first-order valence-corrected chi connectivity index (χ1v) is 15.6. The number of benzene rings is 5. The molecule has 0 aromatic heterocycles. The van der Waals surface area contributed by atoms with Crippen LogP contribution in [0.5, 0.6) is 11.5 Å². The maximum atomic E-state index is 14.1. The van der Waals surface area contributed by atoms with Crippen molar-refractivity contribution in [3.8, 4) is 11.5 Å². The van der Waals surface area contributed by atoms with Crippen molar-refractivity contribution in [2.24, 2.45) is 0 Å². The third-order valence-corrected chi connectivity index (χ3v) is 9.00. The average Bonchev–Trinajstić information content (AvgIpc) is 2.99. The molecular weight excluding hydrogens is 601 g/mol. The largest absolute Gasteiger partial charge is 0.416 e. The molecule has 6 nitrogen and oxygen atoms in total. The minimum absolute atomic E-state index is 0.0228. The quantitative estimate of drug-likeness (QED) is 0.125. The fourth-order valence-corrected chi connectivity index (χ4v) is 6.42. The van der Waals surface area contributed by atoms with E-state index in [2.05, 4.69) is 0 Å². The molecule has 0 heterocycles. The third kappa shape index (κ3) is 6.90. The van der Waals surface area contributed by atoms with E-state index < -0.39 is 37.9 Å². The van der Waals surface area contributed by atoms with E-state index in [1.165, 1.54) is 91.0 Å². The van der Waals surface area contributed by atoms with Gasteiger partial charge in [-0.15, -0.1) is 0 Å². The Morgan fingerprint density at radius 1 is 0.488 bits per heavy atom. The van der Waals surface area contributed by atoms with Crippen LogP contribution >= 0.6 is 0 Å². The minimum atomic E-state index is -4.66. The van der Waals surface area contributed by atoms with Crippen molar-refractivity contribution in [2.75, 3.05) is 0 Å². The zero-order chi connectivity index (χ0) is 30.7. The summed E-state index contributed by atoms with van der Waals surface area (Å²) < 4.78 is 103. The van der Waals surface area contributed by atoms with Crippen LogP contribution in [0.2, 0.25) is 0 Å². The van der Waals surface area contributed by atoms with Gasteiger partial charge in [-0.25, -0.2) is 0 Å². The SMILES string of the molecule is O=S(=O)(Oc1ccc(C(c2ccc(OS(=O)(=O)c3ccccc3)cc2)c2ccccc2C(F)(F)F)cc1)c1ccccc1. The molecule has 0 spiro atoms. The molecule has 11 heteroatoms. The van der Waals surface area contributed by atoms with Crippen LogP contribution in [-0.4, -0.2) is 16.8 Å². The van der Waals surface area contributed by atoms with Crippen molar-refractivity contribution in [2.45, 2.75) is 21.9 Å². The van der Waals surface area contributed by atoms with E-state index in [1.54, 1.807) is 36.4 Å². The summed E-state index contributed by atoms with van der Waals surface area (Å²) in [4.78, 5) is -0.0970. The van der Waals surface area contributed by atoms with Crippen molar-refractivity contribution in [3.05, 3.63) is 156 Å². The lowest BCUT2D eigenvalue weighted by Crippen LogP contribution is -2.14. The molecule has 0 atom stereocenters. The topological polar surface area (TPSA) is 86.7 Å². The van der Waals surface area contributed by atoms with Crippen LogP contribution in [0.4, 0.5) is 13.2 Å². The number of rotatable bonds is 9. The summed E-state index contributed by atoms with van der Waals surface area (Å²) in [6, 6.07) is 31.6. The molecule has 220 valence electrons. The molecule has 0 unspecified atom stereocenters. The van der Waals surface area contributed by atoms with Gasteiger partial charge in [0.15, 0.2) is 0 Å². The number of alkyl halides is 3. The van der Waals surface area contributed by atoms with E-state index in [1.807, 2.05) is 0 Å². The molecule has 0 fully saturated rings. The Morgan fingerprint density at radius 3 is 1.26 bits per heavy atom. The molecule has 5 aromatic rings. The molecule has 43 heavy (non-hydrogen) atoms. The van der Waals surface area contributed by atoms with E-state index >= 15 is 0 Å². The molecule has 0 N–H and O–H groups in total. The lowest BCUT2D eigenvalue weighted by atomic mass is 9.82. The molecule has 0 saturated carbocycles. The predicted molar refractivity (Wildman–Crippen MR) is 154 cm³/mol. The summed E-state index contributed by atoms with van der Waals surface area (Å²) in [5.74, 6) is -1.01. The summed E-state index contributed by atoms with van der Waals surface area (Å²) in [6.07, 6.45) is -4.66. The Labute approximate surface area is 247 Å². The van der Waals surface area contributed by atoms with Crippen molar-refractivity contribution in [1.82, 2.24) is 0 Å². The van der Waals surface area contributed by atoms with Crippen LogP contribution in [0.25, 0.3) is 0 Å². The minimum Gasteiger partial charge on any atom is -0.379 e. The Morgan fingerprint density at radius 2 is 0.860 bits per heavy atom. The van der Waals surface area contributed by atoms with Gasteiger partial charge in [-0.1, -0.05) is 78.9 Å². The Balaban J connectivity index is 1.50. The smallest absolute Gasteiger partial charge is 0.379 e. The van der Waals surface area contributed by atoms with Crippen molar-refractivity contribution in [1.29, 1.82) is 0 Å². The summed E-state index contributed by atoms with van der Waals surface area (Å²) in [7, 11) is -8.26. The van der Waals surface area contributed by atoms with Gasteiger partial charge in [-0.3, -0.25) is 0 Å². The van der Waals surface area contributed by atoms with Crippen LogP contribution in [0.3, 0.4) is 0 Å². The van der Waals surface area contributed by atoms with Crippen LogP contribution in [0, 0.1) is 0 Å². The molecule has 0 bridgehead atoms. The second kappa shape index (κ2) is 11.9. The summed E-state index contributed by atoms with van der Waals surface area (Å²) in [5, 5.41) is 0. The normalized spacial score (nSPS) is 12.2. The van der Waals surface area contributed by atoms with Gasteiger partial charge in [0.1, 0.15) is 21.3 Å². The van der Waals surface area contributed by atoms with Crippen LogP contribution in [-0.2, 0) is 26.4 Å². The van der Waals surface area contributed by atoms with Gasteiger partial charge >= 0.3 is 26.4 Å². The zero-order valence-electron chi connectivity index (χ0n) is 22.2. The molecule has 0 radical (unpaired) electrons. The molecule has 0 saturated heterocycles. The first-order valence-electron chi connectivity index (χ1n) is 12.8. The van der Waals surface area contributed by atoms with Gasteiger partial charge in [0.2, 0.25) is 0 Å². The summed E-state index contributed by atoms with van der Waals surface area (Å²) in [6.45, 7) is 0. The highest BCUT2D eigenvalue weighted by Crippen LogP contribution is 2.41. The lowest BCUT2D eigenvalue weighted by molar-refractivity contribution is -0.138. The highest BCUT2D eigenvalue weighted by Gasteiger charge is 2.36. The Kier molecular flexibility index (Phi) is 8.30. The summed E-state index contributed by atoms with van der Waals surface area (Å²) >= 11 is 0. The van der Waals surface area contributed by atoms with Crippen molar-refractivity contribution in [3.63, 3.8) is 0 Å². The average molecular weight is 625 g/mol. The third-order valence-electron chi connectivity index (χ3n) is 6.48. The number of hydrogen-bond acceptors (Lipinski definition) is 6. The molecule has 0 aliphatic rings. The van der Waals surface area contributed by atoms with Crippen molar-refractivity contribution < 1.29 is 38.4 Å². The predicted octanol–water partition coefficient (Wildman–Crippen LogP) is 7.42. The van der Waals surface area contributed by atoms with Crippen molar-refractivity contribution >= 4 is 20.2 Å². The van der Waals surface area contributed by atoms with Gasteiger partial charge in [0.25, 0.3) is 0 Å². The second-order valence-corrected chi connectivity index (χ2v) is 12.4. The molecule has 0 aliphatic heterocycles. The molecule has 5 aromatic carbocycles. The van der Waals surface area contributed by atoms with Gasteiger partial charge in [-0.2, -0.15) is 30.0 Å².